The van der Waals surface area contributed by atoms with Crippen molar-refractivity contribution in [1.82, 2.24) is 0 Å². The highest BCUT2D eigenvalue weighted by Crippen LogP contribution is 2.52. The van der Waals surface area contributed by atoms with E-state index >= 15 is 0 Å². The van der Waals surface area contributed by atoms with Gasteiger partial charge in [-0.25, -0.2) is 0 Å². The second-order valence-electron chi connectivity index (χ2n) is 9.03. The van der Waals surface area contributed by atoms with Crippen LogP contribution >= 0.6 is 11.8 Å². The minimum absolute atomic E-state index is 1.18. The van der Waals surface area contributed by atoms with Gasteiger partial charge in [0.25, 0.3) is 0 Å². The van der Waals surface area contributed by atoms with Crippen molar-refractivity contribution in [3.63, 3.8) is 0 Å². The lowest BCUT2D eigenvalue weighted by Crippen LogP contribution is -2.14. The Kier molecular flexibility index (Phi) is 5.11. The fourth-order valence-electron chi connectivity index (χ4n) is 5.11. The van der Waals surface area contributed by atoms with Crippen molar-refractivity contribution in [3.05, 3.63) is 140 Å². The molecule has 0 saturated heterocycles. The third kappa shape index (κ3) is 3.59. The van der Waals surface area contributed by atoms with Gasteiger partial charge in [0.1, 0.15) is 0 Å². The summed E-state index contributed by atoms with van der Waals surface area (Å²) in [6.07, 6.45) is 0. The summed E-state index contributed by atoms with van der Waals surface area (Å²) in [7, 11) is 0. The van der Waals surface area contributed by atoms with E-state index in [0.717, 1.165) is 0 Å². The lowest BCUT2D eigenvalue weighted by molar-refractivity contribution is 1.17. The fourth-order valence-corrected chi connectivity index (χ4v) is 6.21. The highest BCUT2D eigenvalue weighted by Gasteiger charge is 2.24. The summed E-state index contributed by atoms with van der Waals surface area (Å²) in [4.78, 5) is 4.92. The minimum Gasteiger partial charge on any atom is -0.308 e. The molecule has 0 aliphatic carbocycles. The normalized spacial score (nSPS) is 12.3. The van der Waals surface area contributed by atoms with Gasteiger partial charge in [0.05, 0.1) is 11.4 Å². The maximum atomic E-state index is 2.37. The van der Waals surface area contributed by atoms with E-state index in [2.05, 4.69) is 144 Å². The molecule has 1 heterocycles. The summed E-state index contributed by atoms with van der Waals surface area (Å²) in [6, 6.07) is 50.2. The van der Waals surface area contributed by atoms with Gasteiger partial charge in [-0.2, -0.15) is 0 Å². The van der Waals surface area contributed by atoms with Gasteiger partial charge in [0.15, 0.2) is 0 Å². The summed E-state index contributed by atoms with van der Waals surface area (Å²) < 4.78 is 0. The average Bonchev–Trinajstić information content (AvgIpc) is 2.96. The van der Waals surface area contributed by atoms with Gasteiger partial charge < -0.3 is 4.90 Å². The lowest BCUT2D eigenvalue weighted by Gasteiger charge is -2.33. The molecule has 0 radical (unpaired) electrons. The first-order valence-corrected chi connectivity index (χ1v) is 13.0. The van der Waals surface area contributed by atoms with E-state index in [-0.39, 0.29) is 0 Å². The fraction of sp³-hybridized carbons (Fsp3) is 0. The van der Waals surface area contributed by atoms with Crippen molar-refractivity contribution in [2.75, 3.05) is 4.90 Å². The Morgan fingerprint density at radius 3 is 2.00 bits per heavy atom. The van der Waals surface area contributed by atoms with Gasteiger partial charge >= 0.3 is 0 Å². The van der Waals surface area contributed by atoms with Crippen molar-refractivity contribution in [1.29, 1.82) is 0 Å². The first-order chi connectivity index (χ1) is 17.8. The van der Waals surface area contributed by atoms with Crippen LogP contribution in [0.5, 0.6) is 0 Å². The number of rotatable bonds is 3. The van der Waals surface area contributed by atoms with Crippen LogP contribution in [0.1, 0.15) is 0 Å². The quantitative estimate of drug-likeness (QED) is 0.249. The van der Waals surface area contributed by atoms with E-state index < -0.39 is 0 Å². The van der Waals surface area contributed by atoms with Crippen LogP contribution in [-0.2, 0) is 0 Å². The number of hydrogen-bond donors (Lipinski definition) is 0. The predicted molar refractivity (Wildman–Crippen MR) is 154 cm³/mol. The molecule has 0 amide bonds. The molecule has 6 aromatic carbocycles. The van der Waals surface area contributed by atoms with E-state index in [4.69, 9.17) is 0 Å². The molecule has 0 bridgehead atoms. The number of anilines is 3. The summed E-state index contributed by atoms with van der Waals surface area (Å²) in [5.74, 6) is 0. The standard InChI is InChI=1S/C34H23NS/c1-2-11-28(12-3-1)35-31-15-6-7-16-33(31)36-34-23-27(21-22-32(34)35)24-17-19-26(20-18-24)30-14-8-10-25-9-4-5-13-29(25)30/h1-23H. The van der Waals surface area contributed by atoms with E-state index in [1.54, 1.807) is 0 Å². The molecule has 0 spiro atoms. The molecule has 2 heteroatoms. The van der Waals surface area contributed by atoms with Crippen molar-refractivity contribution in [2.24, 2.45) is 0 Å². The zero-order chi connectivity index (χ0) is 23.9. The number of hydrogen-bond acceptors (Lipinski definition) is 2. The number of nitrogens with zero attached hydrogens (tertiary/aromatic N) is 1. The maximum absolute atomic E-state index is 2.37. The zero-order valence-electron chi connectivity index (χ0n) is 19.6. The second kappa shape index (κ2) is 8.75. The molecule has 7 rings (SSSR count). The molecule has 0 fully saturated rings. The SMILES string of the molecule is c1ccc(N2c3ccccc3Sc3cc(-c4ccc(-c5cccc6ccccc56)cc4)ccc32)cc1. The lowest BCUT2D eigenvalue weighted by atomic mass is 9.96. The molecule has 1 aliphatic rings. The Hall–Kier alpha value is -4.27. The summed E-state index contributed by atoms with van der Waals surface area (Å²) in [5.41, 5.74) is 8.61. The second-order valence-corrected chi connectivity index (χ2v) is 10.1. The number of para-hydroxylation sites is 2. The summed E-state index contributed by atoms with van der Waals surface area (Å²) >= 11 is 1.85. The van der Waals surface area contributed by atoms with Crippen molar-refractivity contribution in [3.8, 4) is 22.3 Å². The van der Waals surface area contributed by atoms with Crippen LogP contribution < -0.4 is 4.90 Å². The Bertz CT molecular complexity index is 1700. The van der Waals surface area contributed by atoms with E-state index in [1.165, 1.54) is 59.9 Å². The largest absolute Gasteiger partial charge is 0.308 e. The molecule has 1 aliphatic heterocycles. The third-order valence-corrected chi connectivity index (χ3v) is 7.97. The Morgan fingerprint density at radius 1 is 0.444 bits per heavy atom. The molecule has 170 valence electrons. The van der Waals surface area contributed by atoms with Crippen molar-refractivity contribution in [2.45, 2.75) is 9.79 Å². The van der Waals surface area contributed by atoms with E-state index in [0.29, 0.717) is 0 Å². The molecule has 1 nitrogen and oxygen atoms in total. The Morgan fingerprint density at radius 2 is 1.11 bits per heavy atom. The molecule has 0 N–H and O–H groups in total. The summed E-state index contributed by atoms with van der Waals surface area (Å²) in [6.45, 7) is 0. The van der Waals surface area contributed by atoms with Crippen molar-refractivity contribution >= 4 is 39.6 Å². The van der Waals surface area contributed by atoms with Gasteiger partial charge in [-0.05, 0) is 69.4 Å². The molecule has 0 unspecified atom stereocenters. The van der Waals surface area contributed by atoms with Crippen LogP contribution in [0.2, 0.25) is 0 Å². The predicted octanol–water partition coefficient (Wildman–Crippen LogP) is 10.1. The smallest absolute Gasteiger partial charge is 0.0602 e. The van der Waals surface area contributed by atoms with Crippen LogP contribution in [-0.4, -0.2) is 0 Å². The molecule has 6 aromatic rings. The van der Waals surface area contributed by atoms with Gasteiger partial charge in [0.2, 0.25) is 0 Å². The van der Waals surface area contributed by atoms with Gasteiger partial charge in [-0.15, -0.1) is 0 Å². The Balaban J connectivity index is 1.28. The van der Waals surface area contributed by atoms with E-state index in [9.17, 15) is 0 Å². The highest BCUT2D eigenvalue weighted by atomic mass is 32.2. The Labute approximate surface area is 215 Å². The zero-order valence-corrected chi connectivity index (χ0v) is 20.5. The summed E-state index contributed by atoms with van der Waals surface area (Å²) in [5, 5.41) is 2.56. The van der Waals surface area contributed by atoms with Crippen molar-refractivity contribution < 1.29 is 0 Å². The van der Waals surface area contributed by atoms with Gasteiger partial charge in [-0.3, -0.25) is 0 Å². The highest BCUT2D eigenvalue weighted by molar-refractivity contribution is 7.99. The minimum atomic E-state index is 1.18. The van der Waals surface area contributed by atoms with Crippen LogP contribution in [0.15, 0.2) is 149 Å². The molecular formula is C34H23NS. The third-order valence-electron chi connectivity index (χ3n) is 6.86. The van der Waals surface area contributed by atoms with Crippen LogP contribution in [0.4, 0.5) is 17.1 Å². The number of benzene rings is 6. The first-order valence-electron chi connectivity index (χ1n) is 12.2. The van der Waals surface area contributed by atoms with E-state index in [1.807, 2.05) is 11.8 Å². The molecule has 0 saturated carbocycles. The number of fused-ring (bicyclic) bond motifs is 3. The van der Waals surface area contributed by atoms with Crippen LogP contribution in [0.25, 0.3) is 33.0 Å². The first kappa shape index (κ1) is 21.0. The molecule has 36 heavy (non-hydrogen) atoms. The van der Waals surface area contributed by atoms with Gasteiger partial charge in [-0.1, -0.05) is 115 Å². The molecule has 0 aromatic heterocycles. The van der Waals surface area contributed by atoms with Gasteiger partial charge in [0, 0.05) is 15.5 Å². The van der Waals surface area contributed by atoms with Crippen LogP contribution in [0.3, 0.4) is 0 Å². The molecular weight excluding hydrogens is 454 g/mol. The monoisotopic (exact) mass is 477 g/mol. The maximum Gasteiger partial charge on any atom is 0.0602 e. The van der Waals surface area contributed by atoms with Crippen LogP contribution in [0, 0.1) is 0 Å². The topological polar surface area (TPSA) is 3.24 Å². The average molecular weight is 478 g/mol. The molecule has 0 atom stereocenters.